The maximum Gasteiger partial charge on any atom is 0.246 e. The molecular weight excluding hydrogens is 149 g/mol. The lowest BCUT2D eigenvalue weighted by atomic mass is 10.3. The number of nitrogens with zero attached hydrogens (tertiary/aromatic N) is 1. The first-order chi connectivity index (χ1) is 5.07. The van der Waals surface area contributed by atoms with Gasteiger partial charge in [-0.2, -0.15) is 0 Å². The third kappa shape index (κ3) is 4.50. The molecule has 0 spiro atoms. The van der Waals surface area contributed by atoms with Crippen molar-refractivity contribution in [1.29, 1.82) is 0 Å². The van der Waals surface area contributed by atoms with Crippen molar-refractivity contribution in [2.24, 2.45) is 0 Å². The number of hydrogen-bond donors (Lipinski definition) is 0. The van der Waals surface area contributed by atoms with E-state index in [2.05, 4.69) is 11.4 Å². The molecule has 0 heterocycles. The topological polar surface area (TPSA) is 29.5 Å². The van der Waals surface area contributed by atoms with E-state index in [1.54, 1.807) is 0 Å². The minimum absolute atomic E-state index is 0.0620. The SMILES string of the molecule is C=C(F)CCC(=O)N(C)OC. The summed E-state index contributed by atoms with van der Waals surface area (Å²) < 4.78 is 12.0. The summed E-state index contributed by atoms with van der Waals surface area (Å²) in [6.07, 6.45) is 0.159. The molecule has 0 aromatic heterocycles. The number of halogens is 1. The number of carbonyl (C=O) groups is 1. The van der Waals surface area contributed by atoms with E-state index in [-0.39, 0.29) is 18.7 Å². The lowest BCUT2D eigenvalue weighted by Crippen LogP contribution is -2.24. The molecule has 0 unspecified atom stereocenters. The van der Waals surface area contributed by atoms with Crippen LogP contribution in [0.5, 0.6) is 0 Å². The molecule has 0 aromatic carbocycles. The highest BCUT2D eigenvalue weighted by Crippen LogP contribution is 2.04. The summed E-state index contributed by atoms with van der Waals surface area (Å²) in [5.41, 5.74) is 0. The Kier molecular flexibility index (Phi) is 4.45. The van der Waals surface area contributed by atoms with E-state index >= 15 is 0 Å². The molecule has 1 amide bonds. The van der Waals surface area contributed by atoms with Crippen molar-refractivity contribution in [2.45, 2.75) is 12.8 Å². The summed E-state index contributed by atoms with van der Waals surface area (Å²) in [5, 5.41) is 1.06. The van der Waals surface area contributed by atoms with E-state index < -0.39 is 5.83 Å². The average Bonchev–Trinajstić information content (AvgIpc) is 1.98. The van der Waals surface area contributed by atoms with Gasteiger partial charge in [0.05, 0.1) is 12.9 Å². The fourth-order valence-electron chi connectivity index (χ4n) is 0.502. The Morgan fingerprint density at radius 3 is 2.55 bits per heavy atom. The Morgan fingerprint density at radius 2 is 2.18 bits per heavy atom. The Bertz CT molecular complexity index is 159. The van der Waals surface area contributed by atoms with Gasteiger partial charge in [0.2, 0.25) is 5.91 Å². The fourth-order valence-corrected chi connectivity index (χ4v) is 0.502. The van der Waals surface area contributed by atoms with Gasteiger partial charge in [0, 0.05) is 19.9 Å². The van der Waals surface area contributed by atoms with Gasteiger partial charge in [-0.1, -0.05) is 6.58 Å². The van der Waals surface area contributed by atoms with Crippen molar-refractivity contribution in [1.82, 2.24) is 5.06 Å². The van der Waals surface area contributed by atoms with Crippen molar-refractivity contribution in [2.75, 3.05) is 14.2 Å². The van der Waals surface area contributed by atoms with Crippen LogP contribution < -0.4 is 0 Å². The lowest BCUT2D eigenvalue weighted by molar-refractivity contribution is -0.168. The molecule has 0 fully saturated rings. The van der Waals surface area contributed by atoms with Crippen LogP contribution in [-0.2, 0) is 9.63 Å². The van der Waals surface area contributed by atoms with Gasteiger partial charge in [0.15, 0.2) is 0 Å². The van der Waals surface area contributed by atoms with Gasteiger partial charge in [-0.05, 0) is 0 Å². The lowest BCUT2D eigenvalue weighted by Gasteiger charge is -2.12. The molecule has 11 heavy (non-hydrogen) atoms. The number of hydrogen-bond acceptors (Lipinski definition) is 2. The number of hydroxylamine groups is 2. The summed E-state index contributed by atoms with van der Waals surface area (Å²) in [4.78, 5) is 15.4. The molecule has 0 radical (unpaired) electrons. The van der Waals surface area contributed by atoms with Crippen molar-refractivity contribution >= 4 is 5.91 Å². The van der Waals surface area contributed by atoms with Crippen molar-refractivity contribution in [3.8, 4) is 0 Å². The summed E-state index contributed by atoms with van der Waals surface area (Å²) in [7, 11) is 2.85. The Morgan fingerprint density at radius 1 is 1.64 bits per heavy atom. The zero-order valence-corrected chi connectivity index (χ0v) is 6.76. The minimum atomic E-state index is -0.483. The highest BCUT2D eigenvalue weighted by atomic mass is 19.1. The van der Waals surface area contributed by atoms with Crippen LogP contribution in [0.2, 0.25) is 0 Å². The number of rotatable bonds is 4. The second-order valence-electron chi connectivity index (χ2n) is 2.09. The van der Waals surface area contributed by atoms with Gasteiger partial charge in [0.1, 0.15) is 0 Å². The molecule has 3 nitrogen and oxygen atoms in total. The highest BCUT2D eigenvalue weighted by Gasteiger charge is 2.07. The van der Waals surface area contributed by atoms with Crippen molar-refractivity contribution < 1.29 is 14.0 Å². The molecule has 0 atom stereocenters. The quantitative estimate of drug-likeness (QED) is 0.581. The Labute approximate surface area is 65.4 Å². The van der Waals surface area contributed by atoms with E-state index in [0.717, 1.165) is 5.06 Å². The van der Waals surface area contributed by atoms with Crippen LogP contribution in [0, 0.1) is 0 Å². The smallest absolute Gasteiger partial charge is 0.246 e. The van der Waals surface area contributed by atoms with E-state index in [0.29, 0.717) is 0 Å². The molecule has 64 valence electrons. The molecule has 0 saturated carbocycles. The van der Waals surface area contributed by atoms with Gasteiger partial charge < -0.3 is 0 Å². The number of carbonyl (C=O) groups excluding carboxylic acids is 1. The van der Waals surface area contributed by atoms with Crippen LogP contribution in [0.25, 0.3) is 0 Å². The molecule has 0 N–H and O–H groups in total. The van der Waals surface area contributed by atoms with Gasteiger partial charge in [0.25, 0.3) is 0 Å². The standard InChI is InChI=1S/C7H12FNO2/c1-6(8)4-5-7(10)9(2)11-3/h1,4-5H2,2-3H3. The second kappa shape index (κ2) is 4.85. The summed E-state index contributed by atoms with van der Waals surface area (Å²) in [6, 6.07) is 0. The monoisotopic (exact) mass is 161 g/mol. The van der Waals surface area contributed by atoms with Crippen LogP contribution in [0.15, 0.2) is 12.4 Å². The zero-order valence-electron chi connectivity index (χ0n) is 6.76. The summed E-state index contributed by atoms with van der Waals surface area (Å²) in [5.74, 6) is -0.742. The van der Waals surface area contributed by atoms with Gasteiger partial charge in [-0.3, -0.25) is 9.63 Å². The van der Waals surface area contributed by atoms with Gasteiger partial charge in [-0.15, -0.1) is 0 Å². The molecule has 0 saturated heterocycles. The molecule has 0 aromatic rings. The first-order valence-corrected chi connectivity index (χ1v) is 3.22. The third-order valence-corrected chi connectivity index (χ3v) is 1.24. The zero-order chi connectivity index (χ0) is 8.85. The normalized spacial score (nSPS) is 9.36. The molecule has 0 aliphatic carbocycles. The van der Waals surface area contributed by atoms with Crippen molar-refractivity contribution in [3.05, 3.63) is 12.4 Å². The average molecular weight is 161 g/mol. The summed E-state index contributed by atoms with van der Waals surface area (Å²) >= 11 is 0. The largest absolute Gasteiger partial charge is 0.275 e. The van der Waals surface area contributed by atoms with E-state index in [4.69, 9.17) is 0 Å². The van der Waals surface area contributed by atoms with Crippen LogP contribution in [0.4, 0.5) is 4.39 Å². The van der Waals surface area contributed by atoms with Crippen LogP contribution in [0.1, 0.15) is 12.8 Å². The third-order valence-electron chi connectivity index (χ3n) is 1.24. The van der Waals surface area contributed by atoms with Gasteiger partial charge >= 0.3 is 0 Å². The first kappa shape index (κ1) is 10.1. The molecule has 4 heteroatoms. The predicted octanol–water partition coefficient (Wildman–Crippen LogP) is 1.27. The molecular formula is C7H12FNO2. The van der Waals surface area contributed by atoms with Crippen LogP contribution >= 0.6 is 0 Å². The van der Waals surface area contributed by atoms with E-state index in [9.17, 15) is 9.18 Å². The van der Waals surface area contributed by atoms with Crippen LogP contribution in [-0.4, -0.2) is 25.1 Å². The molecule has 0 bridgehead atoms. The maximum atomic E-state index is 12.0. The van der Waals surface area contributed by atoms with E-state index in [1.807, 2.05) is 0 Å². The molecule has 0 aliphatic heterocycles. The van der Waals surface area contributed by atoms with Crippen molar-refractivity contribution in [3.63, 3.8) is 0 Å². The Hall–Kier alpha value is -0.900. The van der Waals surface area contributed by atoms with Crippen LogP contribution in [0.3, 0.4) is 0 Å². The molecule has 0 aliphatic rings. The first-order valence-electron chi connectivity index (χ1n) is 3.22. The van der Waals surface area contributed by atoms with E-state index in [1.165, 1.54) is 14.2 Å². The fraction of sp³-hybridized carbons (Fsp3) is 0.571. The maximum absolute atomic E-state index is 12.0. The number of allylic oxidation sites excluding steroid dienone is 1. The minimum Gasteiger partial charge on any atom is -0.275 e. The number of amides is 1. The second-order valence-corrected chi connectivity index (χ2v) is 2.09. The predicted molar refractivity (Wildman–Crippen MR) is 39.3 cm³/mol. The summed E-state index contributed by atoms with van der Waals surface area (Å²) in [6.45, 7) is 3.03. The Balaban J connectivity index is 3.60. The molecule has 0 rings (SSSR count). The van der Waals surface area contributed by atoms with Gasteiger partial charge in [-0.25, -0.2) is 9.45 Å². The highest BCUT2D eigenvalue weighted by molar-refractivity contribution is 5.74.